The molecule has 1 N–H and O–H groups in total. The largest absolute Gasteiger partial charge is 0.492 e. The van der Waals surface area contributed by atoms with Crippen LogP contribution in [0, 0.1) is 6.92 Å². The van der Waals surface area contributed by atoms with E-state index in [0.717, 1.165) is 29.9 Å². The summed E-state index contributed by atoms with van der Waals surface area (Å²) in [5.41, 5.74) is 0. The molecule has 3 rings (SSSR count). The SMILES string of the molecule is Cc1nnc(CN=C(NCc2cccs2)N(C)CCOc2ccccc2)n1C.I. The van der Waals surface area contributed by atoms with Crippen molar-refractivity contribution >= 4 is 41.3 Å². The molecule has 0 bridgehead atoms. The lowest BCUT2D eigenvalue weighted by Gasteiger charge is -2.22. The Morgan fingerprint density at radius 1 is 1.21 bits per heavy atom. The molecule has 7 nitrogen and oxygen atoms in total. The highest BCUT2D eigenvalue weighted by atomic mass is 127. The molecule has 9 heteroatoms. The molecule has 0 fully saturated rings. The zero-order valence-corrected chi connectivity index (χ0v) is 20.1. The van der Waals surface area contributed by atoms with Crippen molar-refractivity contribution in [1.29, 1.82) is 0 Å². The fraction of sp³-hybridized carbons (Fsp3) is 0.350. The van der Waals surface area contributed by atoms with Gasteiger partial charge in [0.15, 0.2) is 11.8 Å². The Hall–Kier alpha value is -2.14. The summed E-state index contributed by atoms with van der Waals surface area (Å²) in [7, 11) is 3.97. The Labute approximate surface area is 192 Å². The average Bonchev–Trinajstić information content (AvgIpc) is 3.34. The van der Waals surface area contributed by atoms with Gasteiger partial charge in [0.2, 0.25) is 0 Å². The Kier molecular flexibility index (Phi) is 9.39. The fourth-order valence-electron chi connectivity index (χ4n) is 2.55. The lowest BCUT2D eigenvalue weighted by Crippen LogP contribution is -2.40. The minimum absolute atomic E-state index is 0. The average molecular weight is 526 g/mol. The summed E-state index contributed by atoms with van der Waals surface area (Å²) in [6.07, 6.45) is 0. The van der Waals surface area contributed by atoms with Crippen LogP contribution in [0.15, 0.2) is 52.8 Å². The molecular formula is C20H27IN6OS. The summed E-state index contributed by atoms with van der Waals surface area (Å²) < 4.78 is 7.77. The zero-order chi connectivity index (χ0) is 19.8. The third kappa shape index (κ3) is 7.00. The van der Waals surface area contributed by atoms with Crippen LogP contribution in [0.2, 0.25) is 0 Å². The lowest BCUT2D eigenvalue weighted by atomic mass is 10.3. The maximum Gasteiger partial charge on any atom is 0.194 e. The van der Waals surface area contributed by atoms with E-state index in [-0.39, 0.29) is 24.0 Å². The second-order valence-electron chi connectivity index (χ2n) is 6.38. The van der Waals surface area contributed by atoms with E-state index in [4.69, 9.17) is 9.73 Å². The number of thiophene rings is 1. The molecule has 156 valence electrons. The molecule has 2 aromatic heterocycles. The van der Waals surface area contributed by atoms with Gasteiger partial charge in [0, 0.05) is 19.0 Å². The fourth-order valence-corrected chi connectivity index (χ4v) is 3.19. The van der Waals surface area contributed by atoms with E-state index in [1.165, 1.54) is 4.88 Å². The molecule has 0 spiro atoms. The van der Waals surface area contributed by atoms with E-state index in [1.807, 2.05) is 55.9 Å². The Morgan fingerprint density at radius 3 is 2.66 bits per heavy atom. The maximum atomic E-state index is 5.81. The number of benzene rings is 1. The smallest absolute Gasteiger partial charge is 0.194 e. The predicted molar refractivity (Wildman–Crippen MR) is 128 cm³/mol. The van der Waals surface area contributed by atoms with Crippen LogP contribution in [-0.4, -0.2) is 45.8 Å². The van der Waals surface area contributed by atoms with Crippen LogP contribution in [-0.2, 0) is 20.1 Å². The molecule has 2 heterocycles. The van der Waals surface area contributed by atoms with E-state index in [9.17, 15) is 0 Å². The third-order valence-electron chi connectivity index (χ3n) is 4.35. The Bertz CT molecular complexity index is 882. The monoisotopic (exact) mass is 526 g/mol. The molecule has 0 amide bonds. The van der Waals surface area contributed by atoms with E-state index < -0.39 is 0 Å². The first kappa shape index (κ1) is 23.1. The number of likely N-dealkylation sites (N-methyl/N-ethyl adjacent to an activating group) is 1. The van der Waals surface area contributed by atoms with Crippen molar-refractivity contribution < 1.29 is 4.74 Å². The molecule has 0 radical (unpaired) electrons. The van der Waals surface area contributed by atoms with E-state index in [2.05, 4.69) is 37.9 Å². The number of guanidine groups is 1. The van der Waals surface area contributed by atoms with Gasteiger partial charge in [0.05, 0.1) is 13.1 Å². The van der Waals surface area contributed by atoms with Crippen LogP contribution < -0.4 is 10.1 Å². The van der Waals surface area contributed by atoms with E-state index in [0.29, 0.717) is 19.7 Å². The number of halogens is 1. The van der Waals surface area contributed by atoms with Crippen LogP contribution in [0.4, 0.5) is 0 Å². The van der Waals surface area contributed by atoms with Gasteiger partial charge >= 0.3 is 0 Å². The van der Waals surface area contributed by atoms with Crippen LogP contribution >= 0.6 is 35.3 Å². The van der Waals surface area contributed by atoms with Gasteiger partial charge in [-0.05, 0) is 30.5 Å². The number of ether oxygens (including phenoxy) is 1. The number of aliphatic imine (C=N–C) groups is 1. The minimum Gasteiger partial charge on any atom is -0.492 e. The molecule has 0 saturated heterocycles. The molecular weight excluding hydrogens is 499 g/mol. The molecule has 0 saturated carbocycles. The Morgan fingerprint density at radius 2 is 2.00 bits per heavy atom. The molecule has 0 atom stereocenters. The highest BCUT2D eigenvalue weighted by Gasteiger charge is 2.10. The number of para-hydroxylation sites is 1. The van der Waals surface area contributed by atoms with Gasteiger partial charge in [-0.2, -0.15) is 0 Å². The number of nitrogens with zero attached hydrogens (tertiary/aromatic N) is 5. The number of rotatable bonds is 8. The predicted octanol–water partition coefficient (Wildman–Crippen LogP) is 3.46. The number of hydrogen-bond donors (Lipinski definition) is 1. The van der Waals surface area contributed by atoms with Crippen molar-refractivity contribution in [3.63, 3.8) is 0 Å². The van der Waals surface area contributed by atoms with Gasteiger partial charge in [-0.25, -0.2) is 4.99 Å². The molecule has 1 aromatic carbocycles. The van der Waals surface area contributed by atoms with E-state index in [1.54, 1.807) is 11.3 Å². The zero-order valence-electron chi connectivity index (χ0n) is 16.9. The number of hydrogen-bond acceptors (Lipinski definition) is 5. The van der Waals surface area contributed by atoms with Crippen molar-refractivity contribution in [2.75, 3.05) is 20.2 Å². The first-order chi connectivity index (χ1) is 13.6. The molecule has 0 aliphatic rings. The summed E-state index contributed by atoms with van der Waals surface area (Å²) in [5, 5.41) is 13.8. The van der Waals surface area contributed by atoms with Gasteiger partial charge in [-0.1, -0.05) is 24.3 Å². The molecule has 0 aliphatic carbocycles. The second-order valence-corrected chi connectivity index (χ2v) is 7.41. The summed E-state index contributed by atoms with van der Waals surface area (Å²) in [4.78, 5) is 8.08. The summed E-state index contributed by atoms with van der Waals surface area (Å²) in [5.74, 6) is 3.39. The van der Waals surface area contributed by atoms with Crippen molar-refractivity contribution in [3.05, 3.63) is 64.4 Å². The van der Waals surface area contributed by atoms with Gasteiger partial charge in [0.1, 0.15) is 24.7 Å². The molecule has 3 aromatic rings. The Balaban J connectivity index is 0.00000300. The summed E-state index contributed by atoms with van der Waals surface area (Å²) in [6, 6.07) is 14.0. The number of aromatic nitrogens is 3. The third-order valence-corrected chi connectivity index (χ3v) is 5.23. The minimum atomic E-state index is 0. The highest BCUT2D eigenvalue weighted by molar-refractivity contribution is 14.0. The van der Waals surface area contributed by atoms with Gasteiger partial charge < -0.3 is 19.5 Å². The van der Waals surface area contributed by atoms with Crippen molar-refractivity contribution in [2.24, 2.45) is 12.0 Å². The van der Waals surface area contributed by atoms with Crippen molar-refractivity contribution in [2.45, 2.75) is 20.0 Å². The van der Waals surface area contributed by atoms with E-state index >= 15 is 0 Å². The molecule has 29 heavy (non-hydrogen) atoms. The topological polar surface area (TPSA) is 67.6 Å². The molecule has 0 unspecified atom stereocenters. The quantitative estimate of drug-likeness (QED) is 0.277. The lowest BCUT2D eigenvalue weighted by molar-refractivity contribution is 0.281. The van der Waals surface area contributed by atoms with Gasteiger partial charge in [0.25, 0.3) is 0 Å². The summed E-state index contributed by atoms with van der Waals surface area (Å²) in [6.45, 7) is 4.42. The first-order valence-corrected chi connectivity index (χ1v) is 10.1. The summed E-state index contributed by atoms with van der Waals surface area (Å²) >= 11 is 1.72. The first-order valence-electron chi connectivity index (χ1n) is 9.18. The normalized spacial score (nSPS) is 11.1. The highest BCUT2D eigenvalue weighted by Crippen LogP contribution is 2.09. The molecule has 0 aliphatic heterocycles. The number of aryl methyl sites for hydroxylation is 1. The second kappa shape index (κ2) is 11.8. The van der Waals surface area contributed by atoms with Crippen LogP contribution in [0.3, 0.4) is 0 Å². The van der Waals surface area contributed by atoms with Crippen LogP contribution in [0.25, 0.3) is 0 Å². The van der Waals surface area contributed by atoms with Crippen LogP contribution in [0.1, 0.15) is 16.5 Å². The number of nitrogens with one attached hydrogen (secondary N) is 1. The van der Waals surface area contributed by atoms with Crippen LogP contribution in [0.5, 0.6) is 5.75 Å². The van der Waals surface area contributed by atoms with Gasteiger partial charge in [-0.15, -0.1) is 45.5 Å². The standard InChI is InChI=1S/C20H26N6OS.HI/c1-16-23-24-19(26(16)3)15-22-20(21-14-18-10-7-13-28-18)25(2)11-12-27-17-8-5-4-6-9-17;/h4-10,13H,11-12,14-15H2,1-3H3,(H,21,22);1H. The van der Waals surface area contributed by atoms with Crippen molar-refractivity contribution in [1.82, 2.24) is 25.0 Å². The van der Waals surface area contributed by atoms with Gasteiger partial charge in [-0.3, -0.25) is 0 Å². The van der Waals surface area contributed by atoms with Crippen molar-refractivity contribution in [3.8, 4) is 5.75 Å². The maximum absolute atomic E-state index is 5.81.